The molecule has 0 radical (unpaired) electrons. The maximum absolute atomic E-state index is 11.9. The molecule has 0 spiro atoms. The van der Waals surface area contributed by atoms with E-state index in [0.29, 0.717) is 0 Å². The van der Waals surface area contributed by atoms with Crippen molar-refractivity contribution < 1.29 is 14.3 Å². The Morgan fingerprint density at radius 2 is 1.82 bits per heavy atom. The fraction of sp³-hybridized carbons (Fsp3) is 0.833. The van der Waals surface area contributed by atoms with Crippen LogP contribution in [0.2, 0.25) is 0 Å². The number of carbonyl (C=O) groups excluding carboxylic acids is 2. The van der Waals surface area contributed by atoms with Crippen LogP contribution in [-0.4, -0.2) is 48.6 Å². The minimum absolute atomic E-state index is 0.0351. The summed E-state index contributed by atoms with van der Waals surface area (Å²) in [6, 6.07) is -0.0642. The summed E-state index contributed by atoms with van der Waals surface area (Å²) < 4.78 is 5.25. The minimum Gasteiger partial charge on any atom is -0.444 e. The van der Waals surface area contributed by atoms with Gasteiger partial charge in [-0.2, -0.15) is 0 Å². The third-order valence-electron chi connectivity index (χ3n) is 1.97. The molecule has 0 atom stereocenters. The van der Waals surface area contributed by atoms with Crippen molar-refractivity contribution in [1.29, 1.82) is 0 Å². The number of likely N-dealkylation sites (N-methyl/N-ethyl adjacent to an activating group) is 1. The van der Waals surface area contributed by atoms with Crippen molar-refractivity contribution in [2.75, 3.05) is 20.1 Å². The summed E-state index contributed by atoms with van der Waals surface area (Å²) >= 11 is 0. The predicted molar refractivity (Wildman–Crippen MR) is 67.0 cm³/mol. The van der Waals surface area contributed by atoms with E-state index in [1.165, 1.54) is 4.90 Å². The molecule has 0 aliphatic carbocycles. The average Bonchev–Trinajstić information content (AvgIpc) is 2.11. The van der Waals surface area contributed by atoms with Crippen LogP contribution in [0.15, 0.2) is 0 Å². The van der Waals surface area contributed by atoms with Crippen molar-refractivity contribution in [3.63, 3.8) is 0 Å². The van der Waals surface area contributed by atoms with Crippen LogP contribution in [0.25, 0.3) is 0 Å². The van der Waals surface area contributed by atoms with E-state index in [0.717, 1.165) is 0 Å². The van der Waals surface area contributed by atoms with Crippen LogP contribution < -0.4 is 5.32 Å². The van der Waals surface area contributed by atoms with E-state index in [1.807, 2.05) is 13.8 Å². The molecule has 0 heterocycles. The third kappa shape index (κ3) is 6.94. The molecule has 5 nitrogen and oxygen atoms in total. The van der Waals surface area contributed by atoms with E-state index < -0.39 is 11.7 Å². The van der Waals surface area contributed by atoms with Gasteiger partial charge in [-0.05, 0) is 41.7 Å². The van der Waals surface area contributed by atoms with Crippen molar-refractivity contribution in [2.24, 2.45) is 0 Å². The van der Waals surface area contributed by atoms with E-state index >= 15 is 0 Å². The molecule has 0 aromatic heterocycles. The topological polar surface area (TPSA) is 58.6 Å². The molecular weight excluding hydrogens is 220 g/mol. The second-order valence-electron chi connectivity index (χ2n) is 5.27. The Kier molecular flexibility index (Phi) is 6.16. The van der Waals surface area contributed by atoms with E-state index in [2.05, 4.69) is 5.32 Å². The highest BCUT2D eigenvalue weighted by Crippen LogP contribution is 2.11. The van der Waals surface area contributed by atoms with Crippen molar-refractivity contribution in [3.05, 3.63) is 0 Å². The maximum atomic E-state index is 11.9. The van der Waals surface area contributed by atoms with Gasteiger partial charge in [-0.3, -0.25) is 9.69 Å². The molecule has 0 aliphatic heterocycles. The third-order valence-corrected chi connectivity index (χ3v) is 1.97. The molecule has 0 aromatic rings. The van der Waals surface area contributed by atoms with E-state index in [9.17, 15) is 9.59 Å². The lowest BCUT2D eigenvalue weighted by atomic mass is 10.2. The van der Waals surface area contributed by atoms with Gasteiger partial charge in [0, 0.05) is 6.04 Å². The number of Topliss-reactive ketones (excluding diaryl/α,β-unsaturated/α-hetero) is 1. The Morgan fingerprint density at radius 1 is 1.29 bits per heavy atom. The lowest BCUT2D eigenvalue weighted by Crippen LogP contribution is -2.45. The van der Waals surface area contributed by atoms with Gasteiger partial charge in [0.15, 0.2) is 5.78 Å². The zero-order valence-electron chi connectivity index (χ0n) is 11.7. The monoisotopic (exact) mass is 244 g/mol. The normalized spacial score (nSPS) is 11.5. The molecule has 0 rings (SSSR count). The number of carbonyl (C=O) groups is 2. The zero-order valence-corrected chi connectivity index (χ0v) is 11.7. The maximum Gasteiger partial charge on any atom is 0.410 e. The molecule has 5 heteroatoms. The molecule has 0 fully saturated rings. The first kappa shape index (κ1) is 15.9. The highest BCUT2D eigenvalue weighted by Gasteiger charge is 2.25. The zero-order chi connectivity index (χ0) is 13.6. The molecule has 17 heavy (non-hydrogen) atoms. The summed E-state index contributed by atoms with van der Waals surface area (Å²) in [6.45, 7) is 9.46. The Bertz CT molecular complexity index is 269. The summed E-state index contributed by atoms with van der Waals surface area (Å²) in [5.74, 6) is -0.0351. The van der Waals surface area contributed by atoms with Gasteiger partial charge in [0.25, 0.3) is 0 Å². The largest absolute Gasteiger partial charge is 0.444 e. The first-order valence-electron chi connectivity index (χ1n) is 5.83. The number of rotatable bonds is 5. The Labute approximate surface area is 103 Å². The van der Waals surface area contributed by atoms with Gasteiger partial charge in [0.1, 0.15) is 5.60 Å². The lowest BCUT2D eigenvalue weighted by Gasteiger charge is -2.29. The van der Waals surface area contributed by atoms with Crippen LogP contribution in [0.4, 0.5) is 4.79 Å². The fourth-order valence-corrected chi connectivity index (χ4v) is 1.22. The SMILES string of the molecule is CNCC(=O)CN(C(=O)OC(C)(C)C)C(C)C. The summed E-state index contributed by atoms with van der Waals surface area (Å²) in [5.41, 5.74) is -0.545. The standard InChI is InChI=1S/C12H24N2O3/c1-9(2)14(8-10(15)7-13-6)11(16)17-12(3,4)5/h9,13H,7-8H2,1-6H3. The van der Waals surface area contributed by atoms with Crippen molar-refractivity contribution in [3.8, 4) is 0 Å². The molecular formula is C12H24N2O3. The quantitative estimate of drug-likeness (QED) is 0.794. The van der Waals surface area contributed by atoms with Crippen LogP contribution in [0, 0.1) is 0 Å². The van der Waals surface area contributed by atoms with E-state index in [-0.39, 0.29) is 24.9 Å². The Morgan fingerprint density at radius 3 is 2.18 bits per heavy atom. The number of hydrogen-bond donors (Lipinski definition) is 1. The number of ether oxygens (including phenoxy) is 1. The molecule has 1 amide bonds. The van der Waals surface area contributed by atoms with Gasteiger partial charge in [0.2, 0.25) is 0 Å². The molecule has 1 N–H and O–H groups in total. The van der Waals surface area contributed by atoms with Gasteiger partial charge in [0.05, 0.1) is 13.1 Å². The van der Waals surface area contributed by atoms with Crippen molar-refractivity contribution >= 4 is 11.9 Å². The smallest absolute Gasteiger partial charge is 0.410 e. The first-order valence-corrected chi connectivity index (χ1v) is 5.83. The van der Waals surface area contributed by atoms with Crippen molar-refractivity contribution in [2.45, 2.75) is 46.3 Å². The molecule has 0 saturated carbocycles. The summed E-state index contributed by atoms with van der Waals surface area (Å²) in [6.07, 6.45) is -0.447. The lowest BCUT2D eigenvalue weighted by molar-refractivity contribution is -0.119. The molecule has 0 unspecified atom stereocenters. The van der Waals surface area contributed by atoms with Crippen LogP contribution in [0.5, 0.6) is 0 Å². The Hall–Kier alpha value is -1.10. The summed E-state index contributed by atoms with van der Waals surface area (Å²) in [7, 11) is 1.70. The summed E-state index contributed by atoms with van der Waals surface area (Å²) in [5, 5.41) is 2.77. The van der Waals surface area contributed by atoms with Gasteiger partial charge >= 0.3 is 6.09 Å². The molecule has 0 aromatic carbocycles. The Balaban J connectivity index is 4.53. The van der Waals surface area contributed by atoms with E-state index in [4.69, 9.17) is 4.74 Å². The second-order valence-corrected chi connectivity index (χ2v) is 5.27. The van der Waals surface area contributed by atoms with E-state index in [1.54, 1.807) is 27.8 Å². The summed E-state index contributed by atoms with van der Waals surface area (Å²) in [4.78, 5) is 24.8. The first-order chi connectivity index (χ1) is 7.67. The fourth-order valence-electron chi connectivity index (χ4n) is 1.22. The van der Waals surface area contributed by atoms with Gasteiger partial charge in [-0.15, -0.1) is 0 Å². The number of nitrogens with zero attached hydrogens (tertiary/aromatic N) is 1. The molecule has 100 valence electrons. The van der Waals surface area contributed by atoms with Gasteiger partial charge in [-0.1, -0.05) is 0 Å². The van der Waals surface area contributed by atoms with Crippen LogP contribution in [0.3, 0.4) is 0 Å². The van der Waals surface area contributed by atoms with Gasteiger partial charge in [-0.25, -0.2) is 4.79 Å². The predicted octanol–water partition coefficient (Wildman–Crippen LogP) is 1.42. The van der Waals surface area contributed by atoms with Gasteiger partial charge < -0.3 is 10.1 Å². The molecule has 0 saturated heterocycles. The number of hydrogen-bond acceptors (Lipinski definition) is 4. The van der Waals surface area contributed by atoms with Crippen LogP contribution >= 0.6 is 0 Å². The molecule has 0 aliphatic rings. The number of amides is 1. The highest BCUT2D eigenvalue weighted by atomic mass is 16.6. The molecule has 0 bridgehead atoms. The number of nitrogens with one attached hydrogen (secondary N) is 1. The van der Waals surface area contributed by atoms with Crippen LogP contribution in [-0.2, 0) is 9.53 Å². The van der Waals surface area contributed by atoms with Crippen molar-refractivity contribution in [1.82, 2.24) is 10.2 Å². The second kappa shape index (κ2) is 6.59. The number of ketones is 1. The van der Waals surface area contributed by atoms with Crippen LogP contribution in [0.1, 0.15) is 34.6 Å². The highest BCUT2D eigenvalue weighted by molar-refractivity contribution is 5.85. The average molecular weight is 244 g/mol. The minimum atomic E-state index is -0.545.